The van der Waals surface area contributed by atoms with Crippen LogP contribution in [0.3, 0.4) is 0 Å². The van der Waals surface area contributed by atoms with Crippen LogP contribution < -0.4 is 0 Å². The minimum atomic E-state index is -0.747. The van der Waals surface area contributed by atoms with E-state index in [1.54, 1.807) is 6.08 Å². The van der Waals surface area contributed by atoms with Crippen LogP contribution in [0, 0.1) is 5.92 Å². The molecule has 0 unspecified atom stereocenters. The van der Waals surface area contributed by atoms with Gasteiger partial charge in [0.1, 0.15) is 0 Å². The summed E-state index contributed by atoms with van der Waals surface area (Å²) >= 11 is 0. The average Bonchev–Trinajstić information content (AvgIpc) is 1.95. The van der Waals surface area contributed by atoms with Crippen molar-refractivity contribution in [3.63, 3.8) is 0 Å². The summed E-state index contributed by atoms with van der Waals surface area (Å²) in [6, 6.07) is 0. The summed E-state index contributed by atoms with van der Waals surface area (Å²) in [5.41, 5.74) is 0. The molecule has 0 saturated heterocycles. The Kier molecular flexibility index (Phi) is 2.43. The Balaban J connectivity index is 2.51. The second-order valence-electron chi connectivity index (χ2n) is 2.62. The van der Waals surface area contributed by atoms with Crippen LogP contribution in [0.5, 0.6) is 0 Å². The first-order valence-corrected chi connectivity index (χ1v) is 3.39. The standard InChI is InChI=1S/C7H12O3/c8-4-5-1-2-6(9)7(10)3-5/h1-2,5-10H,3-4H2/t5-,6+,7+/m0/s1. The van der Waals surface area contributed by atoms with Gasteiger partial charge in [-0.2, -0.15) is 0 Å². The third-order valence-corrected chi connectivity index (χ3v) is 1.75. The van der Waals surface area contributed by atoms with E-state index < -0.39 is 12.2 Å². The third kappa shape index (κ3) is 1.56. The zero-order valence-electron chi connectivity index (χ0n) is 5.64. The Morgan fingerprint density at radius 1 is 1.30 bits per heavy atom. The van der Waals surface area contributed by atoms with Gasteiger partial charge in [0.05, 0.1) is 12.2 Å². The predicted molar refractivity (Wildman–Crippen MR) is 36.3 cm³/mol. The third-order valence-electron chi connectivity index (χ3n) is 1.75. The summed E-state index contributed by atoms with van der Waals surface area (Å²) in [7, 11) is 0. The van der Waals surface area contributed by atoms with E-state index in [1.165, 1.54) is 6.08 Å². The maximum Gasteiger partial charge on any atom is 0.0980 e. The first kappa shape index (κ1) is 7.72. The smallest absolute Gasteiger partial charge is 0.0980 e. The Bertz CT molecular complexity index is 133. The van der Waals surface area contributed by atoms with Crippen LogP contribution in [0.25, 0.3) is 0 Å². The molecule has 0 saturated carbocycles. The Labute approximate surface area is 59.6 Å². The van der Waals surface area contributed by atoms with Gasteiger partial charge in [0.25, 0.3) is 0 Å². The normalized spacial score (nSPS) is 40.1. The van der Waals surface area contributed by atoms with E-state index in [4.69, 9.17) is 15.3 Å². The maximum atomic E-state index is 9.07. The lowest BCUT2D eigenvalue weighted by molar-refractivity contribution is 0.0224. The minimum absolute atomic E-state index is 0.0124. The zero-order chi connectivity index (χ0) is 7.56. The average molecular weight is 144 g/mol. The highest BCUT2D eigenvalue weighted by atomic mass is 16.3. The van der Waals surface area contributed by atoms with Crippen LogP contribution in [-0.2, 0) is 0 Å². The highest BCUT2D eigenvalue weighted by molar-refractivity contribution is 5.02. The fourth-order valence-electron chi connectivity index (χ4n) is 1.06. The second kappa shape index (κ2) is 3.14. The van der Waals surface area contributed by atoms with Crippen molar-refractivity contribution < 1.29 is 15.3 Å². The van der Waals surface area contributed by atoms with E-state index in [1.807, 2.05) is 0 Å². The maximum absolute atomic E-state index is 9.07. The predicted octanol–water partition coefficient (Wildman–Crippen LogP) is -0.723. The molecule has 1 aliphatic carbocycles. The summed E-state index contributed by atoms with van der Waals surface area (Å²) in [6.07, 6.45) is 2.26. The van der Waals surface area contributed by atoms with Gasteiger partial charge < -0.3 is 15.3 Å². The first-order chi connectivity index (χ1) is 4.74. The van der Waals surface area contributed by atoms with Crippen LogP contribution in [0.15, 0.2) is 12.2 Å². The van der Waals surface area contributed by atoms with Gasteiger partial charge in [-0.3, -0.25) is 0 Å². The van der Waals surface area contributed by atoms with E-state index in [0.717, 1.165) is 0 Å². The Morgan fingerprint density at radius 3 is 2.50 bits per heavy atom. The van der Waals surface area contributed by atoms with Crippen molar-refractivity contribution in [2.75, 3.05) is 6.61 Å². The molecule has 0 radical (unpaired) electrons. The molecule has 0 aromatic rings. The minimum Gasteiger partial charge on any atom is -0.396 e. The fraction of sp³-hybridized carbons (Fsp3) is 0.714. The van der Waals surface area contributed by atoms with Crippen molar-refractivity contribution in [3.05, 3.63) is 12.2 Å². The van der Waals surface area contributed by atoms with Crippen molar-refractivity contribution in [2.45, 2.75) is 18.6 Å². The van der Waals surface area contributed by atoms with Gasteiger partial charge in [-0.1, -0.05) is 12.2 Å². The highest BCUT2D eigenvalue weighted by Gasteiger charge is 2.21. The lowest BCUT2D eigenvalue weighted by Gasteiger charge is -2.23. The van der Waals surface area contributed by atoms with Crippen LogP contribution in [0.2, 0.25) is 0 Å². The molecule has 10 heavy (non-hydrogen) atoms. The highest BCUT2D eigenvalue weighted by Crippen LogP contribution is 2.17. The summed E-state index contributed by atoms with van der Waals surface area (Å²) in [6.45, 7) is 0.0419. The van der Waals surface area contributed by atoms with E-state index in [2.05, 4.69) is 0 Å². The molecule has 1 aliphatic rings. The quantitative estimate of drug-likeness (QED) is 0.425. The fourth-order valence-corrected chi connectivity index (χ4v) is 1.06. The molecule has 0 spiro atoms. The number of rotatable bonds is 1. The molecule has 3 heteroatoms. The van der Waals surface area contributed by atoms with Crippen molar-refractivity contribution >= 4 is 0 Å². The molecule has 3 atom stereocenters. The van der Waals surface area contributed by atoms with Gasteiger partial charge in [0.15, 0.2) is 0 Å². The summed E-state index contributed by atoms with van der Waals surface area (Å²) < 4.78 is 0. The summed E-state index contributed by atoms with van der Waals surface area (Å²) in [5, 5.41) is 26.7. The lowest BCUT2D eigenvalue weighted by Crippen LogP contribution is -2.30. The molecule has 0 aliphatic heterocycles. The Hall–Kier alpha value is -0.380. The molecular weight excluding hydrogens is 132 g/mol. The molecule has 0 aromatic carbocycles. The summed E-state index contributed by atoms with van der Waals surface area (Å²) in [5.74, 6) is 0.0124. The second-order valence-corrected chi connectivity index (χ2v) is 2.62. The SMILES string of the molecule is OC[C@H]1C=C[C@@H](O)[C@H](O)C1. The van der Waals surface area contributed by atoms with Gasteiger partial charge in [0, 0.05) is 12.5 Å². The van der Waals surface area contributed by atoms with E-state index in [-0.39, 0.29) is 12.5 Å². The van der Waals surface area contributed by atoms with Crippen LogP contribution in [0.4, 0.5) is 0 Å². The van der Waals surface area contributed by atoms with Crippen molar-refractivity contribution in [1.29, 1.82) is 0 Å². The molecule has 3 nitrogen and oxygen atoms in total. The van der Waals surface area contributed by atoms with Crippen molar-refractivity contribution in [1.82, 2.24) is 0 Å². The molecule has 0 amide bonds. The van der Waals surface area contributed by atoms with Crippen molar-refractivity contribution in [3.8, 4) is 0 Å². The molecular formula is C7H12O3. The van der Waals surface area contributed by atoms with E-state index in [0.29, 0.717) is 6.42 Å². The monoisotopic (exact) mass is 144 g/mol. The van der Waals surface area contributed by atoms with Gasteiger partial charge >= 0.3 is 0 Å². The molecule has 0 heterocycles. The lowest BCUT2D eigenvalue weighted by atomic mass is 9.93. The largest absolute Gasteiger partial charge is 0.396 e. The molecule has 1 rings (SSSR count). The van der Waals surface area contributed by atoms with Crippen molar-refractivity contribution in [2.24, 2.45) is 5.92 Å². The van der Waals surface area contributed by atoms with Gasteiger partial charge in [0.2, 0.25) is 0 Å². The molecule has 58 valence electrons. The van der Waals surface area contributed by atoms with Crippen LogP contribution in [0.1, 0.15) is 6.42 Å². The zero-order valence-corrected chi connectivity index (χ0v) is 5.64. The van der Waals surface area contributed by atoms with Gasteiger partial charge in [-0.25, -0.2) is 0 Å². The number of hydrogen-bond donors (Lipinski definition) is 3. The van der Waals surface area contributed by atoms with Crippen LogP contribution >= 0.6 is 0 Å². The van der Waals surface area contributed by atoms with Crippen LogP contribution in [-0.4, -0.2) is 34.1 Å². The molecule has 3 N–H and O–H groups in total. The first-order valence-electron chi connectivity index (χ1n) is 3.39. The molecule has 0 aromatic heterocycles. The summed E-state index contributed by atoms with van der Waals surface area (Å²) in [4.78, 5) is 0. The van der Waals surface area contributed by atoms with Gasteiger partial charge in [-0.05, 0) is 6.42 Å². The number of aliphatic hydroxyl groups excluding tert-OH is 3. The van der Waals surface area contributed by atoms with E-state index >= 15 is 0 Å². The van der Waals surface area contributed by atoms with E-state index in [9.17, 15) is 0 Å². The number of aliphatic hydroxyl groups is 3. The molecule has 0 fully saturated rings. The van der Waals surface area contributed by atoms with Gasteiger partial charge in [-0.15, -0.1) is 0 Å². The topological polar surface area (TPSA) is 60.7 Å². The molecule has 0 bridgehead atoms. The number of hydrogen-bond acceptors (Lipinski definition) is 3. The Morgan fingerprint density at radius 2 is 2.00 bits per heavy atom.